The molecule has 5 nitrogen and oxygen atoms in total. The number of amides is 2. The third-order valence-corrected chi connectivity index (χ3v) is 6.67. The molecule has 174 valence electrons. The van der Waals surface area contributed by atoms with Gasteiger partial charge in [0.1, 0.15) is 0 Å². The topological polar surface area (TPSA) is 68.3 Å². The second-order valence-electron chi connectivity index (χ2n) is 10.1. The highest BCUT2D eigenvalue weighted by Crippen LogP contribution is 2.35. The zero-order valence-electron chi connectivity index (χ0n) is 20.5. The van der Waals surface area contributed by atoms with Crippen LogP contribution in [0.1, 0.15) is 87.1 Å². The molecule has 0 saturated carbocycles. The van der Waals surface area contributed by atoms with Crippen molar-refractivity contribution in [2.45, 2.75) is 85.1 Å². The summed E-state index contributed by atoms with van der Waals surface area (Å²) in [7, 11) is 0. The van der Waals surface area contributed by atoms with Crippen molar-refractivity contribution in [3.8, 4) is 11.1 Å². The smallest absolute Gasteiger partial charge is 0.251 e. The van der Waals surface area contributed by atoms with Gasteiger partial charge in [-0.25, -0.2) is 0 Å². The fourth-order valence-electron chi connectivity index (χ4n) is 4.81. The zero-order chi connectivity index (χ0) is 23.5. The molecule has 0 radical (unpaired) electrons. The van der Waals surface area contributed by atoms with Gasteiger partial charge in [0.2, 0.25) is 5.91 Å². The first-order valence-corrected chi connectivity index (χ1v) is 12.1. The van der Waals surface area contributed by atoms with E-state index in [0.717, 1.165) is 68.6 Å². The second kappa shape index (κ2) is 9.93. The standard InChI is InChI=1S/C27H39N3O2/c1-6-7-10-22-25(20-12-14-21(15-13-20)27(3,4)5)24(26(28)32)19(2)30(22)18-9-17-29-16-8-11-23(29)31/h12-15H,6-11,16-18H2,1-5H3,(H2,28,32). The van der Waals surface area contributed by atoms with Crippen LogP contribution in [0.15, 0.2) is 24.3 Å². The van der Waals surface area contributed by atoms with Gasteiger partial charge in [0.05, 0.1) is 5.56 Å². The Morgan fingerprint density at radius 1 is 1.09 bits per heavy atom. The van der Waals surface area contributed by atoms with E-state index in [1.807, 2.05) is 11.8 Å². The maximum Gasteiger partial charge on any atom is 0.251 e. The van der Waals surface area contributed by atoms with Gasteiger partial charge in [-0.2, -0.15) is 0 Å². The van der Waals surface area contributed by atoms with Gasteiger partial charge in [0.15, 0.2) is 0 Å². The number of rotatable bonds is 9. The van der Waals surface area contributed by atoms with E-state index in [2.05, 4.69) is 56.5 Å². The molecule has 2 amide bonds. The maximum atomic E-state index is 12.6. The van der Waals surface area contributed by atoms with E-state index in [1.54, 1.807) is 0 Å². The van der Waals surface area contributed by atoms with Crippen molar-refractivity contribution < 1.29 is 9.59 Å². The minimum Gasteiger partial charge on any atom is -0.366 e. The van der Waals surface area contributed by atoms with Crippen LogP contribution in [0, 0.1) is 6.92 Å². The Morgan fingerprint density at radius 2 is 1.78 bits per heavy atom. The number of likely N-dealkylation sites (tertiary alicyclic amines) is 1. The molecule has 1 aliphatic rings. The minimum absolute atomic E-state index is 0.0743. The summed E-state index contributed by atoms with van der Waals surface area (Å²) in [6.07, 6.45) is 5.55. The predicted molar refractivity (Wildman–Crippen MR) is 131 cm³/mol. The molecule has 1 aromatic carbocycles. The first-order valence-electron chi connectivity index (χ1n) is 12.1. The average molecular weight is 438 g/mol. The molecule has 2 N–H and O–H groups in total. The highest BCUT2D eigenvalue weighted by Gasteiger charge is 2.25. The Morgan fingerprint density at radius 3 is 2.31 bits per heavy atom. The molecule has 1 saturated heterocycles. The van der Waals surface area contributed by atoms with Gasteiger partial charge in [-0.1, -0.05) is 58.4 Å². The molecule has 5 heteroatoms. The van der Waals surface area contributed by atoms with Gasteiger partial charge in [-0.05, 0) is 49.1 Å². The number of carbonyl (C=O) groups is 2. The second-order valence-corrected chi connectivity index (χ2v) is 10.1. The fraction of sp³-hybridized carbons (Fsp3) is 0.556. The molecule has 0 bridgehead atoms. The average Bonchev–Trinajstić information content (AvgIpc) is 3.26. The number of nitrogens with two attached hydrogens (primary N) is 1. The molecule has 1 aliphatic heterocycles. The minimum atomic E-state index is -0.372. The van der Waals surface area contributed by atoms with Crippen LogP contribution in [0.3, 0.4) is 0 Å². The van der Waals surface area contributed by atoms with Crippen molar-refractivity contribution in [2.24, 2.45) is 5.73 Å². The number of hydrogen-bond donors (Lipinski definition) is 1. The van der Waals surface area contributed by atoms with Gasteiger partial charge in [-0.3, -0.25) is 9.59 Å². The van der Waals surface area contributed by atoms with Crippen molar-refractivity contribution in [2.75, 3.05) is 13.1 Å². The molecule has 0 unspecified atom stereocenters. The number of carbonyl (C=O) groups excluding carboxylic acids is 2. The molecule has 1 aromatic heterocycles. The van der Waals surface area contributed by atoms with Crippen LogP contribution < -0.4 is 5.73 Å². The third kappa shape index (κ3) is 5.08. The van der Waals surface area contributed by atoms with Crippen molar-refractivity contribution in [1.29, 1.82) is 0 Å². The number of aromatic nitrogens is 1. The molecule has 0 atom stereocenters. The largest absolute Gasteiger partial charge is 0.366 e. The lowest BCUT2D eigenvalue weighted by Gasteiger charge is -2.20. The lowest BCUT2D eigenvalue weighted by atomic mass is 9.86. The van der Waals surface area contributed by atoms with E-state index in [9.17, 15) is 9.59 Å². The molecule has 3 rings (SSSR count). The van der Waals surface area contributed by atoms with E-state index in [4.69, 9.17) is 5.73 Å². The van der Waals surface area contributed by atoms with Gasteiger partial charge in [-0.15, -0.1) is 0 Å². The first-order chi connectivity index (χ1) is 15.1. The van der Waals surface area contributed by atoms with E-state index in [1.165, 1.54) is 11.3 Å². The van der Waals surface area contributed by atoms with Crippen molar-refractivity contribution in [3.05, 3.63) is 46.8 Å². The summed E-state index contributed by atoms with van der Waals surface area (Å²) in [6.45, 7) is 13.2. The fourth-order valence-corrected chi connectivity index (χ4v) is 4.81. The van der Waals surface area contributed by atoms with Crippen LogP contribution in [0.5, 0.6) is 0 Å². The molecule has 0 aliphatic carbocycles. The van der Waals surface area contributed by atoms with E-state index < -0.39 is 0 Å². The molecular weight excluding hydrogens is 398 g/mol. The summed E-state index contributed by atoms with van der Waals surface area (Å²) in [5.74, 6) is -0.110. The summed E-state index contributed by atoms with van der Waals surface area (Å²) in [6, 6.07) is 8.58. The predicted octanol–water partition coefficient (Wildman–Crippen LogP) is 5.22. The monoisotopic (exact) mass is 437 g/mol. The lowest BCUT2D eigenvalue weighted by molar-refractivity contribution is -0.127. The Bertz CT molecular complexity index is 964. The van der Waals surface area contributed by atoms with Crippen LogP contribution in [-0.4, -0.2) is 34.4 Å². The highest BCUT2D eigenvalue weighted by atomic mass is 16.2. The number of benzene rings is 1. The summed E-state index contributed by atoms with van der Waals surface area (Å²) < 4.78 is 2.28. The lowest BCUT2D eigenvalue weighted by Crippen LogP contribution is -2.26. The Hall–Kier alpha value is -2.56. The molecular formula is C27H39N3O2. The molecule has 0 spiro atoms. The number of nitrogens with zero attached hydrogens (tertiary/aromatic N) is 2. The maximum absolute atomic E-state index is 12.6. The van der Waals surface area contributed by atoms with E-state index >= 15 is 0 Å². The Kier molecular flexibility index (Phi) is 7.47. The third-order valence-electron chi connectivity index (χ3n) is 6.67. The van der Waals surface area contributed by atoms with Crippen molar-refractivity contribution >= 4 is 11.8 Å². The summed E-state index contributed by atoms with van der Waals surface area (Å²) >= 11 is 0. The summed E-state index contributed by atoms with van der Waals surface area (Å²) in [4.78, 5) is 26.5. The number of primary amides is 1. The van der Waals surface area contributed by atoms with Crippen LogP contribution in [0.25, 0.3) is 11.1 Å². The van der Waals surface area contributed by atoms with E-state index in [0.29, 0.717) is 12.0 Å². The first kappa shape index (κ1) is 24.1. The summed E-state index contributed by atoms with van der Waals surface area (Å²) in [5.41, 5.74) is 12.0. The van der Waals surface area contributed by atoms with Crippen LogP contribution in [0.4, 0.5) is 0 Å². The van der Waals surface area contributed by atoms with Gasteiger partial charge in [0.25, 0.3) is 5.91 Å². The van der Waals surface area contributed by atoms with Gasteiger partial charge in [0, 0.05) is 43.0 Å². The SMILES string of the molecule is CCCCc1c(-c2ccc(C(C)(C)C)cc2)c(C(N)=O)c(C)n1CCCN1CCCC1=O. The van der Waals surface area contributed by atoms with E-state index in [-0.39, 0.29) is 17.2 Å². The molecule has 2 aromatic rings. The molecule has 2 heterocycles. The zero-order valence-corrected chi connectivity index (χ0v) is 20.5. The van der Waals surface area contributed by atoms with Crippen LogP contribution >= 0.6 is 0 Å². The Labute approximate surface area is 193 Å². The van der Waals surface area contributed by atoms with Crippen LogP contribution in [0.2, 0.25) is 0 Å². The molecule has 32 heavy (non-hydrogen) atoms. The van der Waals surface area contributed by atoms with Gasteiger partial charge < -0.3 is 15.2 Å². The molecule has 1 fully saturated rings. The highest BCUT2D eigenvalue weighted by molar-refractivity contribution is 6.02. The normalized spacial score (nSPS) is 14.4. The summed E-state index contributed by atoms with van der Waals surface area (Å²) in [5, 5.41) is 0. The van der Waals surface area contributed by atoms with Crippen molar-refractivity contribution in [3.63, 3.8) is 0 Å². The Balaban J connectivity index is 1.99. The van der Waals surface area contributed by atoms with Crippen molar-refractivity contribution in [1.82, 2.24) is 9.47 Å². The van der Waals surface area contributed by atoms with Gasteiger partial charge >= 0.3 is 0 Å². The van der Waals surface area contributed by atoms with Crippen LogP contribution in [-0.2, 0) is 23.2 Å². The number of hydrogen-bond acceptors (Lipinski definition) is 2. The quantitative estimate of drug-likeness (QED) is 0.585. The number of unbranched alkanes of at least 4 members (excludes halogenated alkanes) is 1.